The molecule has 2 heterocycles. The van der Waals surface area contributed by atoms with Crippen LogP contribution in [0, 0.1) is 10.1 Å². The van der Waals surface area contributed by atoms with Gasteiger partial charge in [-0.3, -0.25) is 0 Å². The minimum absolute atomic E-state index is 0.407. The highest BCUT2D eigenvalue weighted by Crippen LogP contribution is 2.06. The average molecular weight is 170 g/mol. The number of nitro groups is 1. The van der Waals surface area contributed by atoms with Gasteiger partial charge in [-0.1, -0.05) is 0 Å². The van der Waals surface area contributed by atoms with Crippen LogP contribution in [0.5, 0.6) is 0 Å². The van der Waals surface area contributed by atoms with E-state index in [1.54, 1.807) is 0 Å². The first kappa shape index (κ1) is 7.84. The Hall–Kier alpha value is -2.26. The molecule has 2 aliphatic rings. The van der Waals surface area contributed by atoms with Crippen LogP contribution in [0.1, 0.15) is 0 Å². The van der Waals surface area contributed by atoms with Crippen molar-refractivity contribution in [3.05, 3.63) is 10.1 Å². The number of hydrogen-bond acceptors (Lipinski definition) is 8. The second-order valence-electron chi connectivity index (χ2n) is 1.51. The number of hydrogen-bond donors (Lipinski definition) is 1. The van der Waals surface area contributed by atoms with Crippen molar-refractivity contribution in [2.75, 3.05) is 0 Å². The van der Waals surface area contributed by atoms with E-state index in [-0.39, 0.29) is 0 Å². The van der Waals surface area contributed by atoms with Gasteiger partial charge in [-0.05, 0) is 10.4 Å². The molecule has 0 unspecified atom stereocenters. The van der Waals surface area contributed by atoms with Gasteiger partial charge in [0, 0.05) is 0 Å². The van der Waals surface area contributed by atoms with Gasteiger partial charge in [-0.15, -0.1) is 20.4 Å². The van der Waals surface area contributed by atoms with Gasteiger partial charge in [0.25, 0.3) is 0 Å². The Kier molecular flexibility index (Phi) is 2.11. The zero-order valence-electron chi connectivity index (χ0n) is 5.52. The Balaban J connectivity index is 0.000000157. The molecule has 0 fully saturated rings. The molecule has 2 N–H and O–H groups in total. The maximum absolute atomic E-state index is 8.58. The molecule has 62 valence electrons. The van der Waals surface area contributed by atoms with E-state index in [4.69, 9.17) is 10.1 Å². The van der Waals surface area contributed by atoms with Crippen LogP contribution in [0.4, 0.5) is 0 Å². The Bertz CT molecular complexity index is 281. The first-order chi connectivity index (χ1) is 5.70. The molecular formula is C2H2N8O2. The maximum atomic E-state index is 8.58. The number of amidine groups is 2. The Labute approximate surface area is 64.7 Å². The second kappa shape index (κ2) is 3.23. The zero-order valence-corrected chi connectivity index (χ0v) is 5.52. The van der Waals surface area contributed by atoms with Crippen LogP contribution in [0.2, 0.25) is 0 Å². The minimum Gasteiger partial charge on any atom is -0.235 e. The van der Waals surface area contributed by atoms with Crippen molar-refractivity contribution in [2.45, 2.75) is 0 Å². The number of rotatable bonds is 0. The van der Waals surface area contributed by atoms with E-state index in [1.807, 2.05) is 0 Å². The standard InChI is InChI=1S/C2N6.H2N2O2/c3-1-2(5-7-3)6-8-4-1;1-2(3)4/h;1H2. The third-order valence-electron chi connectivity index (χ3n) is 0.758. The van der Waals surface area contributed by atoms with E-state index in [1.165, 1.54) is 0 Å². The van der Waals surface area contributed by atoms with Gasteiger partial charge in [0.05, 0.1) is 0 Å². The smallest absolute Gasteiger partial charge is 0.235 e. The fourth-order valence-corrected chi connectivity index (χ4v) is 0.433. The molecule has 0 saturated carbocycles. The summed E-state index contributed by atoms with van der Waals surface area (Å²) in [7, 11) is 0. The van der Waals surface area contributed by atoms with Crippen molar-refractivity contribution >= 4 is 11.7 Å². The molecular weight excluding hydrogens is 168 g/mol. The molecule has 10 heteroatoms. The first-order valence-corrected chi connectivity index (χ1v) is 2.57. The summed E-state index contributed by atoms with van der Waals surface area (Å²) in [5.41, 5.74) is 0. The normalized spacial score (nSPS) is 16.0. The van der Waals surface area contributed by atoms with Crippen molar-refractivity contribution in [1.82, 2.24) is 0 Å². The molecule has 0 amide bonds. The molecule has 0 aromatic carbocycles. The third kappa shape index (κ3) is 1.86. The summed E-state index contributed by atoms with van der Waals surface area (Å²) in [6.07, 6.45) is 0. The van der Waals surface area contributed by atoms with Crippen LogP contribution in [-0.2, 0) is 0 Å². The Morgan fingerprint density at radius 3 is 1.83 bits per heavy atom. The van der Waals surface area contributed by atoms with Gasteiger partial charge < -0.3 is 0 Å². The number of nitrogens with zero attached hydrogens (tertiary/aromatic N) is 7. The van der Waals surface area contributed by atoms with Crippen molar-refractivity contribution < 1.29 is 5.03 Å². The lowest BCUT2D eigenvalue weighted by atomic mass is 10.6. The minimum atomic E-state index is -1.00. The van der Waals surface area contributed by atoms with Crippen molar-refractivity contribution in [1.29, 1.82) is 0 Å². The van der Waals surface area contributed by atoms with E-state index >= 15 is 0 Å². The van der Waals surface area contributed by atoms with Crippen LogP contribution in [0.3, 0.4) is 0 Å². The average Bonchev–Trinajstić information content (AvgIpc) is 2.40. The highest BCUT2D eigenvalue weighted by atomic mass is 16.7. The van der Waals surface area contributed by atoms with Crippen LogP contribution >= 0.6 is 0 Å². The van der Waals surface area contributed by atoms with Crippen molar-refractivity contribution in [3.63, 3.8) is 0 Å². The molecule has 2 aliphatic heterocycles. The number of fused-ring (bicyclic) bond motifs is 1. The van der Waals surface area contributed by atoms with Crippen LogP contribution in [0.15, 0.2) is 30.9 Å². The molecule has 10 nitrogen and oxygen atoms in total. The molecule has 0 aliphatic carbocycles. The van der Waals surface area contributed by atoms with E-state index in [0.717, 1.165) is 0 Å². The van der Waals surface area contributed by atoms with Crippen LogP contribution in [-0.4, -0.2) is 16.7 Å². The highest BCUT2D eigenvalue weighted by molar-refractivity contribution is 6.42. The monoisotopic (exact) mass is 170 g/mol. The van der Waals surface area contributed by atoms with Crippen molar-refractivity contribution in [2.24, 2.45) is 36.7 Å². The SMILES string of the molecule is N1=NC2=NN=NC2=N1.N[N+](=O)[O-]. The zero-order chi connectivity index (χ0) is 8.97. The Morgan fingerprint density at radius 2 is 1.50 bits per heavy atom. The number of hydrazine groups is 1. The van der Waals surface area contributed by atoms with Crippen LogP contribution in [0.25, 0.3) is 0 Å². The largest absolute Gasteiger partial charge is 0.248 e. The summed E-state index contributed by atoms with van der Waals surface area (Å²) in [6.45, 7) is 0. The van der Waals surface area contributed by atoms with Gasteiger partial charge in [-0.2, -0.15) is 5.84 Å². The molecule has 0 radical (unpaired) electrons. The molecule has 2 rings (SSSR count). The van der Waals surface area contributed by atoms with Gasteiger partial charge >= 0.3 is 0 Å². The predicted molar refractivity (Wildman–Crippen MR) is 35.8 cm³/mol. The molecule has 12 heavy (non-hydrogen) atoms. The third-order valence-corrected chi connectivity index (χ3v) is 0.758. The van der Waals surface area contributed by atoms with Gasteiger partial charge in [-0.25, -0.2) is 10.1 Å². The van der Waals surface area contributed by atoms with E-state index in [2.05, 4.69) is 36.7 Å². The fraction of sp³-hybridized carbons (Fsp3) is 0. The van der Waals surface area contributed by atoms with E-state index in [9.17, 15) is 0 Å². The summed E-state index contributed by atoms with van der Waals surface area (Å²) in [5.74, 6) is 4.65. The van der Waals surface area contributed by atoms with Gasteiger partial charge in [0.2, 0.25) is 11.7 Å². The van der Waals surface area contributed by atoms with Crippen LogP contribution < -0.4 is 5.84 Å². The summed E-state index contributed by atoms with van der Waals surface area (Å²) >= 11 is 0. The second-order valence-corrected chi connectivity index (χ2v) is 1.51. The van der Waals surface area contributed by atoms with E-state index < -0.39 is 5.03 Å². The molecule has 0 bridgehead atoms. The predicted octanol–water partition coefficient (Wildman–Crippen LogP) is -0.318. The number of nitrogens with two attached hydrogens (primary N) is 1. The molecule has 0 atom stereocenters. The molecule has 0 spiro atoms. The molecule has 0 aromatic heterocycles. The topological polar surface area (TPSA) is 143 Å². The van der Waals surface area contributed by atoms with Crippen molar-refractivity contribution in [3.8, 4) is 0 Å². The summed E-state index contributed by atoms with van der Waals surface area (Å²) in [4.78, 5) is 8.58. The Morgan fingerprint density at radius 1 is 1.17 bits per heavy atom. The lowest BCUT2D eigenvalue weighted by Gasteiger charge is -1.69. The summed E-state index contributed by atoms with van der Waals surface area (Å²) < 4.78 is 0. The lowest BCUT2D eigenvalue weighted by Crippen LogP contribution is -2.04. The fourth-order valence-electron chi connectivity index (χ4n) is 0.433. The summed E-state index contributed by atoms with van der Waals surface area (Å²) in [6, 6.07) is 0. The first-order valence-electron chi connectivity index (χ1n) is 2.57. The van der Waals surface area contributed by atoms with Gasteiger partial charge in [0.15, 0.2) is 5.03 Å². The lowest BCUT2D eigenvalue weighted by molar-refractivity contribution is -0.491. The van der Waals surface area contributed by atoms with E-state index in [0.29, 0.717) is 11.7 Å². The molecule has 0 aromatic rings. The summed E-state index contributed by atoms with van der Waals surface area (Å²) in [5, 5.41) is 28.1. The highest BCUT2D eigenvalue weighted by Gasteiger charge is 2.17. The molecule has 0 saturated heterocycles. The maximum Gasteiger partial charge on any atom is 0.248 e. The quantitative estimate of drug-likeness (QED) is 0.302. The van der Waals surface area contributed by atoms with Gasteiger partial charge in [0.1, 0.15) is 0 Å².